The third-order valence-corrected chi connectivity index (χ3v) is 3.74. The van der Waals surface area contributed by atoms with Crippen LogP contribution in [-0.4, -0.2) is 15.8 Å². The van der Waals surface area contributed by atoms with Crippen LogP contribution in [0, 0.1) is 5.92 Å². The molecule has 1 fully saturated rings. The summed E-state index contributed by atoms with van der Waals surface area (Å²) in [6.07, 6.45) is 11.1. The first-order valence-corrected chi connectivity index (χ1v) is 6.46. The minimum atomic E-state index is 0.639. The molecule has 0 aromatic carbocycles. The maximum absolute atomic E-state index is 4.18. The van der Waals surface area contributed by atoms with Gasteiger partial charge in [0.05, 0.1) is 6.20 Å². The fourth-order valence-corrected chi connectivity index (χ4v) is 2.64. The lowest BCUT2D eigenvalue weighted by atomic mass is 9.84. The van der Waals surface area contributed by atoms with Crippen LogP contribution in [0.2, 0.25) is 0 Å². The van der Waals surface area contributed by atoms with Gasteiger partial charge >= 0.3 is 0 Å². The quantitative estimate of drug-likeness (QED) is 0.846. The van der Waals surface area contributed by atoms with E-state index in [-0.39, 0.29) is 0 Å². The van der Waals surface area contributed by atoms with Crippen LogP contribution in [0.1, 0.15) is 44.6 Å². The molecule has 1 aliphatic rings. The topological polar surface area (TPSA) is 29.9 Å². The second-order valence-corrected chi connectivity index (χ2v) is 5.09. The molecule has 0 saturated heterocycles. The van der Waals surface area contributed by atoms with Gasteiger partial charge in [0.25, 0.3) is 0 Å². The third kappa shape index (κ3) is 3.08. The van der Waals surface area contributed by atoms with Gasteiger partial charge in [0.15, 0.2) is 0 Å². The smallest absolute Gasteiger partial charge is 0.0534 e. The van der Waals surface area contributed by atoms with E-state index >= 15 is 0 Å². The molecule has 0 amide bonds. The fourth-order valence-electron chi connectivity index (χ4n) is 2.64. The molecule has 3 nitrogen and oxygen atoms in total. The van der Waals surface area contributed by atoms with Crippen molar-refractivity contribution in [3.63, 3.8) is 0 Å². The van der Waals surface area contributed by atoms with Crippen LogP contribution in [0.4, 0.5) is 0 Å². The van der Waals surface area contributed by atoms with Crippen molar-refractivity contribution in [1.82, 2.24) is 15.1 Å². The van der Waals surface area contributed by atoms with Crippen molar-refractivity contribution >= 4 is 0 Å². The van der Waals surface area contributed by atoms with Gasteiger partial charge in [0.2, 0.25) is 0 Å². The molecule has 1 heterocycles. The van der Waals surface area contributed by atoms with E-state index in [0.29, 0.717) is 6.04 Å². The zero-order valence-electron chi connectivity index (χ0n) is 10.4. The van der Waals surface area contributed by atoms with Crippen molar-refractivity contribution < 1.29 is 0 Å². The molecule has 0 spiro atoms. The summed E-state index contributed by atoms with van der Waals surface area (Å²) in [7, 11) is 1.97. The fraction of sp³-hybridized carbons (Fsp3) is 0.769. The van der Waals surface area contributed by atoms with Crippen LogP contribution in [0.5, 0.6) is 0 Å². The van der Waals surface area contributed by atoms with Crippen LogP contribution < -0.4 is 5.32 Å². The Morgan fingerprint density at radius 1 is 1.44 bits per heavy atom. The van der Waals surface area contributed by atoms with Gasteiger partial charge in [-0.2, -0.15) is 5.10 Å². The lowest BCUT2D eigenvalue weighted by molar-refractivity contribution is 0.280. The summed E-state index contributed by atoms with van der Waals surface area (Å²) in [6, 6.07) is 0.639. The molecule has 1 aliphatic carbocycles. The van der Waals surface area contributed by atoms with Gasteiger partial charge < -0.3 is 5.32 Å². The maximum Gasteiger partial charge on any atom is 0.0534 e. The first-order chi connectivity index (χ1) is 7.75. The number of aromatic nitrogens is 2. The second kappa shape index (κ2) is 5.48. The third-order valence-electron chi connectivity index (χ3n) is 3.74. The van der Waals surface area contributed by atoms with Gasteiger partial charge in [0.1, 0.15) is 0 Å². The predicted octanol–water partition coefficient (Wildman–Crippen LogP) is 2.48. The Morgan fingerprint density at radius 3 is 2.81 bits per heavy atom. The van der Waals surface area contributed by atoms with Crippen molar-refractivity contribution in [2.75, 3.05) is 0 Å². The second-order valence-electron chi connectivity index (χ2n) is 5.09. The van der Waals surface area contributed by atoms with Gasteiger partial charge in [-0.3, -0.25) is 4.68 Å². The van der Waals surface area contributed by atoms with Crippen molar-refractivity contribution in [1.29, 1.82) is 0 Å². The number of hydrogen-bond acceptors (Lipinski definition) is 2. The van der Waals surface area contributed by atoms with Crippen molar-refractivity contribution in [3.05, 3.63) is 18.0 Å². The highest BCUT2D eigenvalue weighted by molar-refractivity contribution is 5.03. The molecule has 0 radical (unpaired) electrons. The summed E-state index contributed by atoms with van der Waals surface area (Å²) in [4.78, 5) is 0. The molecule has 3 heteroatoms. The largest absolute Gasteiger partial charge is 0.310 e. The van der Waals surface area contributed by atoms with E-state index in [1.807, 2.05) is 17.9 Å². The molecule has 1 aromatic heterocycles. The number of nitrogens with one attached hydrogen (secondary N) is 1. The summed E-state index contributed by atoms with van der Waals surface area (Å²) in [5.41, 5.74) is 1.28. The van der Waals surface area contributed by atoms with Gasteiger partial charge in [0, 0.05) is 31.4 Å². The summed E-state index contributed by atoms with van der Waals surface area (Å²) in [5.74, 6) is 0.880. The van der Waals surface area contributed by atoms with Crippen LogP contribution in [0.3, 0.4) is 0 Å². The van der Waals surface area contributed by atoms with Crippen LogP contribution in [0.15, 0.2) is 12.4 Å². The average Bonchev–Trinajstić information content (AvgIpc) is 2.73. The lowest BCUT2D eigenvalue weighted by Gasteiger charge is -2.28. The van der Waals surface area contributed by atoms with Crippen LogP contribution in [-0.2, 0) is 13.6 Å². The molecule has 1 N–H and O–H groups in total. The number of aryl methyl sites for hydroxylation is 1. The molecule has 0 bridgehead atoms. The molecular formula is C13H23N3. The summed E-state index contributed by atoms with van der Waals surface area (Å²) in [6.45, 7) is 3.28. The standard InChI is InChI=1S/C13H23N3/c1-11(13-6-4-3-5-7-13)14-8-12-9-15-16(2)10-12/h9-11,13-14H,3-8H2,1-2H3. The van der Waals surface area contributed by atoms with Crippen LogP contribution >= 0.6 is 0 Å². The first kappa shape index (κ1) is 11.6. The maximum atomic E-state index is 4.18. The van der Waals surface area contributed by atoms with Gasteiger partial charge in [-0.15, -0.1) is 0 Å². The Kier molecular flexibility index (Phi) is 3.99. The highest BCUT2D eigenvalue weighted by atomic mass is 15.2. The molecule has 1 atom stereocenters. The molecule has 2 rings (SSSR count). The Morgan fingerprint density at radius 2 is 2.19 bits per heavy atom. The average molecular weight is 221 g/mol. The summed E-state index contributed by atoms with van der Waals surface area (Å²) in [5, 5.41) is 7.81. The Labute approximate surface area is 98.2 Å². The van der Waals surface area contributed by atoms with E-state index < -0.39 is 0 Å². The Hall–Kier alpha value is -0.830. The number of hydrogen-bond donors (Lipinski definition) is 1. The van der Waals surface area contributed by atoms with Crippen molar-refractivity contribution in [3.8, 4) is 0 Å². The normalized spacial score (nSPS) is 19.9. The minimum Gasteiger partial charge on any atom is -0.310 e. The van der Waals surface area contributed by atoms with Gasteiger partial charge in [-0.25, -0.2) is 0 Å². The van der Waals surface area contributed by atoms with Crippen LogP contribution in [0.25, 0.3) is 0 Å². The molecule has 90 valence electrons. The molecule has 0 aliphatic heterocycles. The Balaban J connectivity index is 1.76. The van der Waals surface area contributed by atoms with E-state index in [4.69, 9.17) is 0 Å². The molecule has 1 unspecified atom stereocenters. The summed E-state index contributed by atoms with van der Waals surface area (Å²) < 4.78 is 1.86. The summed E-state index contributed by atoms with van der Waals surface area (Å²) >= 11 is 0. The van der Waals surface area contributed by atoms with Gasteiger partial charge in [-0.1, -0.05) is 19.3 Å². The predicted molar refractivity (Wildman–Crippen MR) is 66.1 cm³/mol. The van der Waals surface area contributed by atoms with E-state index in [2.05, 4.69) is 23.5 Å². The monoisotopic (exact) mass is 221 g/mol. The number of rotatable bonds is 4. The van der Waals surface area contributed by atoms with Crippen molar-refractivity contribution in [2.45, 2.75) is 51.6 Å². The molecular weight excluding hydrogens is 198 g/mol. The van der Waals surface area contributed by atoms with E-state index in [1.54, 1.807) is 0 Å². The van der Waals surface area contributed by atoms with Gasteiger partial charge in [-0.05, 0) is 25.7 Å². The zero-order valence-corrected chi connectivity index (χ0v) is 10.4. The zero-order chi connectivity index (χ0) is 11.4. The number of nitrogens with zero attached hydrogens (tertiary/aromatic N) is 2. The van der Waals surface area contributed by atoms with E-state index in [9.17, 15) is 0 Å². The first-order valence-electron chi connectivity index (χ1n) is 6.46. The SMILES string of the molecule is CC(NCc1cnn(C)c1)C1CCCCC1. The molecule has 1 aromatic rings. The van der Waals surface area contributed by atoms with Crippen molar-refractivity contribution in [2.24, 2.45) is 13.0 Å². The van der Waals surface area contributed by atoms with E-state index in [1.165, 1.54) is 37.7 Å². The van der Waals surface area contributed by atoms with E-state index in [0.717, 1.165) is 12.5 Å². The Bertz CT molecular complexity index is 313. The minimum absolute atomic E-state index is 0.639. The molecule has 16 heavy (non-hydrogen) atoms. The highest BCUT2D eigenvalue weighted by Crippen LogP contribution is 2.26. The highest BCUT2D eigenvalue weighted by Gasteiger charge is 2.19. The molecule has 1 saturated carbocycles. The lowest BCUT2D eigenvalue weighted by Crippen LogP contribution is -2.34.